The van der Waals surface area contributed by atoms with E-state index in [4.69, 9.17) is 9.47 Å². The van der Waals surface area contributed by atoms with Crippen molar-refractivity contribution in [1.82, 2.24) is 14.9 Å². The van der Waals surface area contributed by atoms with Crippen molar-refractivity contribution in [2.24, 2.45) is 0 Å². The van der Waals surface area contributed by atoms with E-state index < -0.39 is 0 Å². The number of anilines is 1. The monoisotopic (exact) mass is 342 g/mol. The molecule has 0 radical (unpaired) electrons. The molecule has 2 aromatic rings. The first-order valence-corrected chi connectivity index (χ1v) is 8.26. The number of ether oxygens (including phenoxy) is 2. The van der Waals surface area contributed by atoms with E-state index in [9.17, 15) is 4.79 Å². The zero-order valence-corrected chi connectivity index (χ0v) is 14.3. The van der Waals surface area contributed by atoms with Crippen molar-refractivity contribution < 1.29 is 14.3 Å². The van der Waals surface area contributed by atoms with Crippen LogP contribution in [0.3, 0.4) is 0 Å². The van der Waals surface area contributed by atoms with Crippen LogP contribution in [0, 0.1) is 0 Å². The summed E-state index contributed by atoms with van der Waals surface area (Å²) in [4.78, 5) is 24.7. The van der Waals surface area contributed by atoms with Crippen molar-refractivity contribution in [3.05, 3.63) is 48.3 Å². The van der Waals surface area contributed by atoms with Gasteiger partial charge in [0.1, 0.15) is 12.4 Å². The predicted molar refractivity (Wildman–Crippen MR) is 93.5 cm³/mol. The lowest BCUT2D eigenvalue weighted by Gasteiger charge is -2.34. The van der Waals surface area contributed by atoms with Crippen LogP contribution < -0.4 is 9.64 Å². The molecule has 25 heavy (non-hydrogen) atoms. The van der Waals surface area contributed by atoms with Crippen molar-refractivity contribution >= 4 is 11.9 Å². The second-order valence-electron chi connectivity index (χ2n) is 5.76. The number of benzene rings is 1. The van der Waals surface area contributed by atoms with Gasteiger partial charge in [-0.1, -0.05) is 12.1 Å². The Morgan fingerprint density at radius 2 is 1.76 bits per heavy atom. The van der Waals surface area contributed by atoms with E-state index >= 15 is 0 Å². The molecule has 7 heteroatoms. The van der Waals surface area contributed by atoms with Crippen LogP contribution in [0.2, 0.25) is 0 Å². The zero-order chi connectivity index (χ0) is 17.5. The molecule has 0 atom stereocenters. The number of piperazine rings is 1. The van der Waals surface area contributed by atoms with Crippen molar-refractivity contribution in [2.75, 3.05) is 44.8 Å². The molecule has 1 saturated heterocycles. The van der Waals surface area contributed by atoms with E-state index in [0.29, 0.717) is 25.6 Å². The van der Waals surface area contributed by atoms with E-state index in [1.54, 1.807) is 25.6 Å². The van der Waals surface area contributed by atoms with Crippen LogP contribution >= 0.6 is 0 Å². The van der Waals surface area contributed by atoms with Crippen LogP contribution in [-0.2, 0) is 16.1 Å². The van der Waals surface area contributed by atoms with E-state index in [-0.39, 0.29) is 12.5 Å². The van der Waals surface area contributed by atoms with Crippen molar-refractivity contribution in [2.45, 2.75) is 6.61 Å². The number of hydrogen-bond acceptors (Lipinski definition) is 6. The molecule has 1 fully saturated rings. The lowest BCUT2D eigenvalue weighted by molar-refractivity contribution is -0.136. The largest absolute Gasteiger partial charge is 0.497 e. The van der Waals surface area contributed by atoms with E-state index in [0.717, 1.165) is 24.4 Å². The molecule has 0 saturated carbocycles. The fourth-order valence-electron chi connectivity index (χ4n) is 2.68. The maximum Gasteiger partial charge on any atom is 0.248 e. The molecule has 132 valence electrons. The van der Waals surface area contributed by atoms with Gasteiger partial charge in [0.2, 0.25) is 11.9 Å². The first-order valence-electron chi connectivity index (χ1n) is 8.26. The van der Waals surface area contributed by atoms with Gasteiger partial charge < -0.3 is 19.3 Å². The van der Waals surface area contributed by atoms with Crippen molar-refractivity contribution in [3.8, 4) is 5.75 Å². The van der Waals surface area contributed by atoms with Gasteiger partial charge in [0.05, 0.1) is 13.7 Å². The molecule has 0 unspecified atom stereocenters. The molecular formula is C18H22N4O3. The van der Waals surface area contributed by atoms with Gasteiger partial charge in [0, 0.05) is 38.6 Å². The highest BCUT2D eigenvalue weighted by Crippen LogP contribution is 2.12. The Kier molecular flexibility index (Phi) is 5.79. The SMILES string of the molecule is COc1ccc(COCC(=O)N2CCN(c3ncccn3)CC2)cc1. The van der Waals surface area contributed by atoms with Crippen LogP contribution in [0.1, 0.15) is 5.56 Å². The summed E-state index contributed by atoms with van der Waals surface area (Å²) in [7, 11) is 1.63. The van der Waals surface area contributed by atoms with E-state index in [2.05, 4.69) is 14.9 Å². The number of hydrogen-bond donors (Lipinski definition) is 0. The Morgan fingerprint density at radius 1 is 1.08 bits per heavy atom. The normalized spacial score (nSPS) is 14.4. The molecule has 1 aromatic heterocycles. The van der Waals surface area contributed by atoms with Gasteiger partial charge in [-0.05, 0) is 23.8 Å². The first-order chi connectivity index (χ1) is 12.3. The standard InChI is InChI=1S/C18H22N4O3/c1-24-16-5-3-15(4-6-16)13-25-14-17(23)21-9-11-22(12-10-21)18-19-7-2-8-20-18/h2-8H,9-14H2,1H3. The molecule has 0 aliphatic carbocycles. The van der Waals surface area contributed by atoms with Gasteiger partial charge in [-0.15, -0.1) is 0 Å². The van der Waals surface area contributed by atoms with Gasteiger partial charge in [-0.3, -0.25) is 4.79 Å². The minimum Gasteiger partial charge on any atom is -0.497 e. The third kappa shape index (κ3) is 4.67. The van der Waals surface area contributed by atoms with Crippen LogP contribution in [0.25, 0.3) is 0 Å². The van der Waals surface area contributed by atoms with Crippen LogP contribution in [0.15, 0.2) is 42.7 Å². The highest BCUT2D eigenvalue weighted by molar-refractivity contribution is 5.77. The molecule has 0 N–H and O–H groups in total. The van der Waals surface area contributed by atoms with Gasteiger partial charge in [-0.25, -0.2) is 9.97 Å². The quantitative estimate of drug-likeness (QED) is 0.789. The Morgan fingerprint density at radius 3 is 2.40 bits per heavy atom. The third-order valence-corrected chi connectivity index (χ3v) is 4.12. The van der Waals surface area contributed by atoms with E-state index in [1.165, 1.54) is 0 Å². The zero-order valence-electron chi connectivity index (χ0n) is 14.3. The molecule has 7 nitrogen and oxygen atoms in total. The number of amides is 1. The van der Waals surface area contributed by atoms with E-state index in [1.807, 2.05) is 29.2 Å². The number of methoxy groups -OCH3 is 1. The highest BCUT2D eigenvalue weighted by Gasteiger charge is 2.22. The number of rotatable bonds is 6. The minimum atomic E-state index is 0.0159. The summed E-state index contributed by atoms with van der Waals surface area (Å²) in [5.74, 6) is 1.53. The molecule has 1 aromatic carbocycles. The van der Waals surface area contributed by atoms with Gasteiger partial charge in [0.25, 0.3) is 0 Å². The van der Waals surface area contributed by atoms with Crippen LogP contribution in [-0.4, -0.2) is 60.7 Å². The number of carbonyl (C=O) groups excluding carboxylic acids is 1. The maximum absolute atomic E-state index is 12.3. The van der Waals surface area contributed by atoms with Crippen molar-refractivity contribution in [1.29, 1.82) is 0 Å². The Balaban J connectivity index is 1.40. The molecule has 1 aliphatic heterocycles. The van der Waals surface area contributed by atoms with Crippen LogP contribution in [0.4, 0.5) is 5.95 Å². The summed E-state index contributed by atoms with van der Waals surface area (Å²) in [5.41, 5.74) is 1.01. The smallest absolute Gasteiger partial charge is 0.248 e. The summed E-state index contributed by atoms with van der Waals surface area (Å²) in [6.07, 6.45) is 3.46. The molecular weight excluding hydrogens is 320 g/mol. The molecule has 1 aliphatic rings. The summed E-state index contributed by atoms with van der Waals surface area (Å²) >= 11 is 0. The fourth-order valence-corrected chi connectivity index (χ4v) is 2.68. The highest BCUT2D eigenvalue weighted by atomic mass is 16.5. The predicted octanol–water partition coefficient (Wildman–Crippen LogP) is 1.35. The summed E-state index contributed by atoms with van der Waals surface area (Å²) in [6.45, 7) is 3.27. The van der Waals surface area contributed by atoms with Crippen molar-refractivity contribution in [3.63, 3.8) is 0 Å². The summed E-state index contributed by atoms with van der Waals surface area (Å²) < 4.78 is 10.7. The topological polar surface area (TPSA) is 67.8 Å². The van der Waals surface area contributed by atoms with Gasteiger partial charge >= 0.3 is 0 Å². The second-order valence-corrected chi connectivity index (χ2v) is 5.76. The summed E-state index contributed by atoms with van der Waals surface area (Å²) in [5, 5.41) is 0. The number of aromatic nitrogens is 2. The fraction of sp³-hybridized carbons (Fsp3) is 0.389. The minimum absolute atomic E-state index is 0.0159. The Bertz CT molecular complexity index is 670. The average molecular weight is 342 g/mol. The summed E-state index contributed by atoms with van der Waals surface area (Å²) in [6, 6.07) is 9.42. The number of nitrogens with zero attached hydrogens (tertiary/aromatic N) is 4. The average Bonchev–Trinajstić information content (AvgIpc) is 2.69. The second kappa shape index (κ2) is 8.43. The molecule has 1 amide bonds. The molecule has 0 spiro atoms. The Labute approximate surface area is 147 Å². The third-order valence-electron chi connectivity index (χ3n) is 4.12. The van der Waals surface area contributed by atoms with Gasteiger partial charge in [-0.2, -0.15) is 0 Å². The molecule has 3 rings (SSSR count). The lowest BCUT2D eigenvalue weighted by atomic mass is 10.2. The number of carbonyl (C=O) groups is 1. The maximum atomic E-state index is 12.3. The molecule has 2 heterocycles. The van der Waals surface area contributed by atoms with Gasteiger partial charge in [0.15, 0.2) is 0 Å². The lowest BCUT2D eigenvalue weighted by Crippen LogP contribution is -2.50. The van der Waals surface area contributed by atoms with Crippen LogP contribution in [0.5, 0.6) is 5.75 Å². The Hall–Kier alpha value is -2.67. The first kappa shape index (κ1) is 17.2. The molecule has 0 bridgehead atoms.